The van der Waals surface area contributed by atoms with Crippen LogP contribution in [0.4, 0.5) is 0 Å². The Morgan fingerprint density at radius 2 is 2.11 bits per heavy atom. The van der Waals surface area contributed by atoms with Crippen molar-refractivity contribution in [1.29, 1.82) is 0 Å². The molecule has 1 unspecified atom stereocenters. The van der Waals surface area contributed by atoms with Crippen molar-refractivity contribution in [2.24, 2.45) is 5.92 Å². The number of hydrogen-bond donors (Lipinski definition) is 1. The van der Waals surface area contributed by atoms with Crippen molar-refractivity contribution in [3.8, 4) is 0 Å². The molecule has 0 saturated carbocycles. The summed E-state index contributed by atoms with van der Waals surface area (Å²) in [5.74, 6) is 0.770. The van der Waals surface area contributed by atoms with Gasteiger partial charge < -0.3 is 15.0 Å². The van der Waals surface area contributed by atoms with Crippen molar-refractivity contribution in [3.05, 3.63) is 0 Å². The predicted octanol–water partition coefficient (Wildman–Crippen LogP) is 2.51. The van der Waals surface area contributed by atoms with Gasteiger partial charge in [0.15, 0.2) is 0 Å². The van der Waals surface area contributed by atoms with Crippen LogP contribution in [0.5, 0.6) is 0 Å². The zero-order chi connectivity index (χ0) is 13.2. The summed E-state index contributed by atoms with van der Waals surface area (Å²) < 4.78 is 5.27. The standard InChI is InChI=1S/C15H32N2O/c1-14(2)16-9-5-4-6-10-17-11-7-8-15(12-17)13-18-3/h14-16H,4-13H2,1-3H3. The molecule has 0 spiro atoms. The second kappa shape index (κ2) is 9.76. The van der Waals surface area contributed by atoms with Gasteiger partial charge in [0.25, 0.3) is 0 Å². The van der Waals surface area contributed by atoms with Crippen LogP contribution in [0.2, 0.25) is 0 Å². The lowest BCUT2D eigenvalue weighted by Crippen LogP contribution is -2.37. The van der Waals surface area contributed by atoms with Gasteiger partial charge in [-0.15, -0.1) is 0 Å². The first-order chi connectivity index (χ1) is 8.72. The lowest BCUT2D eigenvalue weighted by Gasteiger charge is -2.32. The van der Waals surface area contributed by atoms with Crippen molar-refractivity contribution in [1.82, 2.24) is 10.2 Å². The third-order valence-electron chi connectivity index (χ3n) is 3.71. The lowest BCUT2D eigenvalue weighted by atomic mass is 9.99. The summed E-state index contributed by atoms with van der Waals surface area (Å²) in [6.07, 6.45) is 6.71. The maximum atomic E-state index is 5.27. The Hall–Kier alpha value is -0.120. The van der Waals surface area contributed by atoms with E-state index in [0.717, 1.165) is 12.5 Å². The molecule has 1 aliphatic rings. The van der Waals surface area contributed by atoms with Crippen molar-refractivity contribution < 1.29 is 4.74 Å². The molecule has 1 fully saturated rings. The van der Waals surface area contributed by atoms with Gasteiger partial charge >= 0.3 is 0 Å². The van der Waals surface area contributed by atoms with Crippen LogP contribution in [-0.2, 0) is 4.74 Å². The zero-order valence-corrected chi connectivity index (χ0v) is 12.6. The first-order valence-corrected chi connectivity index (χ1v) is 7.67. The molecule has 0 radical (unpaired) electrons. The van der Waals surface area contributed by atoms with Gasteiger partial charge in [0.05, 0.1) is 6.61 Å². The molecule has 1 aliphatic heterocycles. The fraction of sp³-hybridized carbons (Fsp3) is 1.00. The van der Waals surface area contributed by atoms with Gasteiger partial charge in [0, 0.05) is 19.7 Å². The molecule has 0 amide bonds. The summed E-state index contributed by atoms with van der Waals surface area (Å²) in [4.78, 5) is 2.63. The molecule has 1 saturated heterocycles. The van der Waals surface area contributed by atoms with Crippen LogP contribution in [0.15, 0.2) is 0 Å². The molecule has 1 N–H and O–H groups in total. The summed E-state index contributed by atoms with van der Waals surface area (Å²) in [6.45, 7) is 10.4. The number of methoxy groups -OCH3 is 1. The number of hydrogen-bond acceptors (Lipinski definition) is 3. The summed E-state index contributed by atoms with van der Waals surface area (Å²) >= 11 is 0. The molecule has 0 aromatic rings. The molecular formula is C15H32N2O. The summed E-state index contributed by atoms with van der Waals surface area (Å²) in [7, 11) is 1.82. The van der Waals surface area contributed by atoms with E-state index in [9.17, 15) is 0 Å². The molecule has 1 rings (SSSR count). The third-order valence-corrected chi connectivity index (χ3v) is 3.71. The highest BCUT2D eigenvalue weighted by atomic mass is 16.5. The van der Waals surface area contributed by atoms with Crippen molar-refractivity contribution in [2.45, 2.75) is 52.0 Å². The zero-order valence-electron chi connectivity index (χ0n) is 12.6. The van der Waals surface area contributed by atoms with Crippen LogP contribution < -0.4 is 5.32 Å². The van der Waals surface area contributed by atoms with E-state index in [2.05, 4.69) is 24.1 Å². The molecular weight excluding hydrogens is 224 g/mol. The Morgan fingerprint density at radius 3 is 2.83 bits per heavy atom. The molecule has 0 aromatic heterocycles. The van der Waals surface area contributed by atoms with Crippen LogP contribution >= 0.6 is 0 Å². The van der Waals surface area contributed by atoms with Gasteiger partial charge in [0.2, 0.25) is 0 Å². The number of unbranched alkanes of at least 4 members (excludes halogenated alkanes) is 2. The van der Waals surface area contributed by atoms with Crippen LogP contribution in [0.3, 0.4) is 0 Å². The summed E-state index contributed by atoms with van der Waals surface area (Å²) in [5, 5.41) is 3.48. The Bertz CT molecular complexity index is 195. The average Bonchev–Trinajstić information content (AvgIpc) is 2.34. The minimum atomic E-state index is 0.627. The average molecular weight is 256 g/mol. The predicted molar refractivity (Wildman–Crippen MR) is 78.0 cm³/mol. The highest BCUT2D eigenvalue weighted by Crippen LogP contribution is 2.17. The quantitative estimate of drug-likeness (QED) is 0.642. The van der Waals surface area contributed by atoms with E-state index in [0.29, 0.717) is 6.04 Å². The van der Waals surface area contributed by atoms with E-state index < -0.39 is 0 Å². The summed E-state index contributed by atoms with van der Waals surface area (Å²) in [5.41, 5.74) is 0. The van der Waals surface area contributed by atoms with Crippen molar-refractivity contribution in [3.63, 3.8) is 0 Å². The molecule has 1 heterocycles. The number of nitrogens with zero attached hydrogens (tertiary/aromatic N) is 1. The number of ether oxygens (including phenoxy) is 1. The number of nitrogens with one attached hydrogen (secondary N) is 1. The minimum Gasteiger partial charge on any atom is -0.384 e. The minimum absolute atomic E-state index is 0.627. The fourth-order valence-corrected chi connectivity index (χ4v) is 2.75. The van der Waals surface area contributed by atoms with E-state index >= 15 is 0 Å². The third kappa shape index (κ3) is 7.34. The Morgan fingerprint density at radius 1 is 1.28 bits per heavy atom. The van der Waals surface area contributed by atoms with Gasteiger partial charge in [-0.3, -0.25) is 0 Å². The SMILES string of the molecule is COCC1CCCN(CCCCCNC(C)C)C1. The van der Waals surface area contributed by atoms with Gasteiger partial charge in [-0.2, -0.15) is 0 Å². The molecule has 0 aromatic carbocycles. The molecule has 3 heteroatoms. The van der Waals surface area contributed by atoms with E-state index in [4.69, 9.17) is 4.74 Å². The van der Waals surface area contributed by atoms with E-state index in [-0.39, 0.29) is 0 Å². The highest BCUT2D eigenvalue weighted by Gasteiger charge is 2.18. The van der Waals surface area contributed by atoms with Crippen LogP contribution in [0, 0.1) is 5.92 Å². The highest BCUT2D eigenvalue weighted by molar-refractivity contribution is 4.72. The molecule has 1 atom stereocenters. The molecule has 108 valence electrons. The number of piperidine rings is 1. The maximum absolute atomic E-state index is 5.27. The first-order valence-electron chi connectivity index (χ1n) is 7.67. The van der Waals surface area contributed by atoms with Gasteiger partial charge in [-0.1, -0.05) is 20.3 Å². The van der Waals surface area contributed by atoms with Gasteiger partial charge in [-0.25, -0.2) is 0 Å². The van der Waals surface area contributed by atoms with Gasteiger partial charge in [-0.05, 0) is 51.2 Å². The first kappa shape index (κ1) is 15.9. The topological polar surface area (TPSA) is 24.5 Å². The number of likely N-dealkylation sites (tertiary alicyclic amines) is 1. The Balaban J connectivity index is 1.98. The fourth-order valence-electron chi connectivity index (χ4n) is 2.75. The molecule has 0 aliphatic carbocycles. The van der Waals surface area contributed by atoms with Gasteiger partial charge in [0.1, 0.15) is 0 Å². The van der Waals surface area contributed by atoms with E-state index in [1.165, 1.54) is 58.3 Å². The van der Waals surface area contributed by atoms with Crippen LogP contribution in [-0.4, -0.2) is 50.8 Å². The molecule has 3 nitrogen and oxygen atoms in total. The summed E-state index contributed by atoms with van der Waals surface area (Å²) in [6, 6.07) is 0.627. The Kier molecular flexibility index (Phi) is 8.64. The largest absolute Gasteiger partial charge is 0.384 e. The normalized spacial score (nSPS) is 21.7. The molecule has 0 bridgehead atoms. The van der Waals surface area contributed by atoms with Crippen molar-refractivity contribution >= 4 is 0 Å². The second-order valence-corrected chi connectivity index (χ2v) is 5.93. The monoisotopic (exact) mass is 256 g/mol. The second-order valence-electron chi connectivity index (χ2n) is 5.93. The smallest absolute Gasteiger partial charge is 0.0502 e. The molecule has 18 heavy (non-hydrogen) atoms. The number of rotatable bonds is 9. The van der Waals surface area contributed by atoms with E-state index in [1.54, 1.807) is 0 Å². The van der Waals surface area contributed by atoms with Crippen molar-refractivity contribution in [2.75, 3.05) is 39.9 Å². The van der Waals surface area contributed by atoms with Crippen LogP contribution in [0.1, 0.15) is 46.0 Å². The Labute approximate surface area is 113 Å². The van der Waals surface area contributed by atoms with E-state index in [1.807, 2.05) is 7.11 Å². The van der Waals surface area contributed by atoms with Crippen LogP contribution in [0.25, 0.3) is 0 Å². The maximum Gasteiger partial charge on any atom is 0.0502 e. The lowest BCUT2D eigenvalue weighted by molar-refractivity contribution is 0.0898.